The summed E-state index contributed by atoms with van der Waals surface area (Å²) in [5.74, 6) is 0.471. The van der Waals surface area contributed by atoms with E-state index in [1.165, 1.54) is 18.4 Å². The average molecular weight is 331 g/mol. The fraction of sp³-hybridized carbons (Fsp3) is 0.294. The molecule has 0 spiro atoms. The summed E-state index contributed by atoms with van der Waals surface area (Å²) in [6, 6.07) is 9.72. The van der Waals surface area contributed by atoms with Gasteiger partial charge in [0, 0.05) is 29.0 Å². The Bertz CT molecular complexity index is 738. The Morgan fingerprint density at radius 3 is 3.00 bits per heavy atom. The highest BCUT2D eigenvalue weighted by Crippen LogP contribution is 2.42. The normalized spacial score (nSPS) is 11.9. The van der Waals surface area contributed by atoms with Gasteiger partial charge in [-0.3, -0.25) is 9.59 Å². The Hall–Kier alpha value is -2.34. The number of carbonyl (C=O) groups is 2. The lowest BCUT2D eigenvalue weighted by atomic mass is 10.1. The van der Waals surface area contributed by atoms with E-state index in [2.05, 4.69) is 10.1 Å². The fourth-order valence-electron chi connectivity index (χ4n) is 2.44. The molecule has 1 aliphatic rings. The first kappa shape index (κ1) is 15.6. The van der Waals surface area contributed by atoms with Gasteiger partial charge in [-0.15, -0.1) is 11.3 Å². The van der Waals surface area contributed by atoms with Crippen LogP contribution in [0.4, 0.5) is 0 Å². The standard InChI is InChI=1S/C17H17NO4S/c1-21-15(19)7-4-8-18-17(20)14-9-11-10-22-13-6-3-2-5-12(13)16(11)23-14/h2-3,5-6,9H,4,7-8,10H2,1H3,(H,18,20). The van der Waals surface area contributed by atoms with Crippen LogP contribution in [0, 0.1) is 0 Å². The van der Waals surface area contributed by atoms with Gasteiger partial charge in [0.25, 0.3) is 5.91 Å². The first-order chi connectivity index (χ1) is 11.2. The largest absolute Gasteiger partial charge is 0.488 e. The molecule has 2 aromatic rings. The van der Waals surface area contributed by atoms with Crippen LogP contribution in [0.25, 0.3) is 10.4 Å². The molecule has 1 aromatic heterocycles. The van der Waals surface area contributed by atoms with Crippen molar-refractivity contribution in [1.29, 1.82) is 0 Å². The van der Waals surface area contributed by atoms with Crippen LogP contribution in [0.15, 0.2) is 30.3 Å². The molecule has 0 aliphatic carbocycles. The monoisotopic (exact) mass is 331 g/mol. The van der Waals surface area contributed by atoms with Crippen molar-refractivity contribution in [2.45, 2.75) is 19.4 Å². The highest BCUT2D eigenvalue weighted by molar-refractivity contribution is 7.17. The lowest BCUT2D eigenvalue weighted by Gasteiger charge is -2.16. The molecule has 2 heterocycles. The topological polar surface area (TPSA) is 64.6 Å². The molecule has 0 fully saturated rings. The Balaban J connectivity index is 1.66. The van der Waals surface area contributed by atoms with Crippen LogP contribution in [-0.4, -0.2) is 25.5 Å². The number of esters is 1. The summed E-state index contributed by atoms with van der Waals surface area (Å²) in [5.41, 5.74) is 2.07. The molecule has 1 amide bonds. The molecule has 0 saturated carbocycles. The van der Waals surface area contributed by atoms with Crippen LogP contribution < -0.4 is 10.1 Å². The number of hydrogen-bond acceptors (Lipinski definition) is 5. The minimum Gasteiger partial charge on any atom is -0.488 e. The summed E-state index contributed by atoms with van der Waals surface area (Å²) in [6.07, 6.45) is 0.869. The zero-order valence-electron chi connectivity index (χ0n) is 12.8. The molecule has 1 aliphatic heterocycles. The van der Waals surface area contributed by atoms with E-state index in [1.807, 2.05) is 30.3 Å². The summed E-state index contributed by atoms with van der Waals surface area (Å²) in [4.78, 5) is 25.0. The van der Waals surface area contributed by atoms with Crippen molar-refractivity contribution in [1.82, 2.24) is 5.32 Å². The maximum atomic E-state index is 12.2. The average Bonchev–Trinajstić information content (AvgIpc) is 3.03. The van der Waals surface area contributed by atoms with Crippen LogP contribution in [0.3, 0.4) is 0 Å². The van der Waals surface area contributed by atoms with Crippen LogP contribution in [0.1, 0.15) is 28.1 Å². The van der Waals surface area contributed by atoms with Crippen molar-refractivity contribution in [3.63, 3.8) is 0 Å². The molecular weight excluding hydrogens is 314 g/mol. The number of fused-ring (bicyclic) bond motifs is 3. The second-order valence-corrected chi connectivity index (χ2v) is 6.24. The lowest BCUT2D eigenvalue weighted by Crippen LogP contribution is -2.24. The molecule has 0 bridgehead atoms. The minimum absolute atomic E-state index is 0.119. The number of ether oxygens (including phenoxy) is 2. The molecule has 0 radical (unpaired) electrons. The van der Waals surface area contributed by atoms with Crippen molar-refractivity contribution in [2.24, 2.45) is 0 Å². The van der Waals surface area contributed by atoms with Crippen molar-refractivity contribution in [2.75, 3.05) is 13.7 Å². The van der Waals surface area contributed by atoms with Crippen molar-refractivity contribution in [3.05, 3.63) is 40.8 Å². The van der Waals surface area contributed by atoms with Gasteiger partial charge in [-0.05, 0) is 24.6 Å². The minimum atomic E-state index is -0.264. The third-order valence-electron chi connectivity index (χ3n) is 3.62. The van der Waals surface area contributed by atoms with E-state index in [0.29, 0.717) is 30.9 Å². The fourth-order valence-corrected chi connectivity index (χ4v) is 3.55. The molecule has 0 atom stereocenters. The predicted molar refractivity (Wildman–Crippen MR) is 87.7 cm³/mol. The van der Waals surface area contributed by atoms with Crippen LogP contribution in [0.5, 0.6) is 5.75 Å². The van der Waals surface area contributed by atoms with Gasteiger partial charge >= 0.3 is 5.97 Å². The Morgan fingerprint density at radius 1 is 1.35 bits per heavy atom. The van der Waals surface area contributed by atoms with Crippen molar-refractivity contribution in [3.8, 4) is 16.2 Å². The number of carbonyl (C=O) groups excluding carboxylic acids is 2. The molecule has 0 unspecified atom stereocenters. The van der Waals surface area contributed by atoms with Gasteiger partial charge in [0.05, 0.1) is 12.0 Å². The number of thiophene rings is 1. The zero-order valence-corrected chi connectivity index (χ0v) is 13.6. The quantitative estimate of drug-likeness (QED) is 0.676. The molecule has 120 valence electrons. The first-order valence-corrected chi connectivity index (χ1v) is 8.20. The lowest BCUT2D eigenvalue weighted by molar-refractivity contribution is -0.140. The highest BCUT2D eigenvalue weighted by atomic mass is 32.1. The summed E-state index contributed by atoms with van der Waals surface area (Å²) >= 11 is 1.47. The van der Waals surface area contributed by atoms with Gasteiger partial charge in [0.1, 0.15) is 12.4 Å². The van der Waals surface area contributed by atoms with Crippen LogP contribution in [-0.2, 0) is 16.1 Å². The molecule has 0 saturated heterocycles. The van der Waals surface area contributed by atoms with Crippen molar-refractivity contribution >= 4 is 23.2 Å². The molecule has 6 heteroatoms. The number of methoxy groups -OCH3 is 1. The number of nitrogens with one attached hydrogen (secondary N) is 1. The van der Waals surface area contributed by atoms with E-state index in [4.69, 9.17) is 4.74 Å². The molecule has 3 rings (SSSR count). The number of benzene rings is 1. The number of rotatable bonds is 5. The van der Waals surface area contributed by atoms with Gasteiger partial charge in [0.2, 0.25) is 0 Å². The predicted octanol–water partition coefficient (Wildman–Crippen LogP) is 2.99. The third-order valence-corrected chi connectivity index (χ3v) is 4.83. The van der Waals surface area contributed by atoms with E-state index in [9.17, 15) is 9.59 Å². The van der Waals surface area contributed by atoms with E-state index >= 15 is 0 Å². The summed E-state index contributed by atoms with van der Waals surface area (Å²) < 4.78 is 10.3. The molecular formula is C17H17NO4S. The van der Waals surface area contributed by atoms with Gasteiger partial charge in [-0.2, -0.15) is 0 Å². The van der Waals surface area contributed by atoms with Gasteiger partial charge in [-0.25, -0.2) is 0 Å². The second kappa shape index (κ2) is 6.83. The third kappa shape index (κ3) is 3.37. The first-order valence-electron chi connectivity index (χ1n) is 7.39. The van der Waals surface area contributed by atoms with Gasteiger partial charge < -0.3 is 14.8 Å². The van der Waals surface area contributed by atoms with Crippen LogP contribution in [0.2, 0.25) is 0 Å². The second-order valence-electron chi connectivity index (χ2n) is 5.19. The molecule has 23 heavy (non-hydrogen) atoms. The SMILES string of the molecule is COC(=O)CCCNC(=O)c1cc2c(s1)-c1ccccc1OC2. The molecule has 1 N–H and O–H groups in total. The van der Waals surface area contributed by atoms with Gasteiger partial charge in [-0.1, -0.05) is 12.1 Å². The van der Waals surface area contributed by atoms with E-state index in [0.717, 1.165) is 21.8 Å². The summed E-state index contributed by atoms with van der Waals surface area (Å²) in [5, 5.41) is 2.83. The van der Waals surface area contributed by atoms with E-state index in [-0.39, 0.29) is 11.9 Å². The number of amides is 1. The van der Waals surface area contributed by atoms with Gasteiger partial charge in [0.15, 0.2) is 0 Å². The smallest absolute Gasteiger partial charge is 0.305 e. The van der Waals surface area contributed by atoms with Crippen molar-refractivity contribution < 1.29 is 19.1 Å². The Labute approximate surface area is 138 Å². The Kier molecular flexibility index (Phi) is 4.62. The van der Waals surface area contributed by atoms with E-state index < -0.39 is 0 Å². The molecule has 5 nitrogen and oxygen atoms in total. The van der Waals surface area contributed by atoms with E-state index in [1.54, 1.807) is 0 Å². The Morgan fingerprint density at radius 2 is 2.17 bits per heavy atom. The summed E-state index contributed by atoms with van der Waals surface area (Å²) in [6.45, 7) is 0.933. The highest BCUT2D eigenvalue weighted by Gasteiger charge is 2.22. The number of hydrogen-bond donors (Lipinski definition) is 1. The zero-order chi connectivity index (χ0) is 16.2. The number of para-hydroxylation sites is 1. The maximum Gasteiger partial charge on any atom is 0.305 e. The summed E-state index contributed by atoms with van der Waals surface area (Å²) in [7, 11) is 1.36. The van der Waals surface area contributed by atoms with Crippen LogP contribution >= 0.6 is 11.3 Å². The molecule has 1 aromatic carbocycles. The maximum absolute atomic E-state index is 12.2.